The van der Waals surface area contributed by atoms with Crippen molar-refractivity contribution in [2.75, 3.05) is 7.11 Å². The maximum absolute atomic E-state index is 11.7. The molecule has 1 aliphatic heterocycles. The number of ether oxygens (including phenoxy) is 1. The summed E-state index contributed by atoms with van der Waals surface area (Å²) in [6, 6.07) is 4.76. The van der Waals surface area contributed by atoms with E-state index in [0.29, 0.717) is 23.4 Å². The van der Waals surface area contributed by atoms with Gasteiger partial charge in [-0.1, -0.05) is 0 Å². The van der Waals surface area contributed by atoms with Crippen molar-refractivity contribution >= 4 is 23.7 Å². The Balaban J connectivity index is 1.81. The van der Waals surface area contributed by atoms with Gasteiger partial charge < -0.3 is 9.84 Å². The summed E-state index contributed by atoms with van der Waals surface area (Å²) in [4.78, 5) is 23.2. The van der Waals surface area contributed by atoms with Crippen LogP contribution in [0.2, 0.25) is 0 Å². The van der Waals surface area contributed by atoms with Crippen molar-refractivity contribution < 1.29 is 19.4 Å². The monoisotopic (exact) mass is 318 g/mol. The highest BCUT2D eigenvalue weighted by molar-refractivity contribution is 6.07. The lowest BCUT2D eigenvalue weighted by atomic mass is 9.99. The van der Waals surface area contributed by atoms with Crippen LogP contribution in [0.15, 0.2) is 28.4 Å². The molecule has 0 aliphatic carbocycles. The van der Waals surface area contributed by atoms with E-state index in [0.717, 1.165) is 0 Å². The third kappa shape index (κ3) is 4.29. The number of carbonyl (C=O) groups is 2. The lowest BCUT2D eigenvalue weighted by molar-refractivity contribution is -0.123. The van der Waals surface area contributed by atoms with Crippen LogP contribution in [0.5, 0.6) is 11.5 Å². The van der Waals surface area contributed by atoms with Crippen LogP contribution in [0, 0.1) is 5.92 Å². The second-order valence-corrected chi connectivity index (χ2v) is 5.04. The molecular weight excluding hydrogens is 300 g/mol. The predicted molar refractivity (Wildman–Crippen MR) is 84.4 cm³/mol. The van der Waals surface area contributed by atoms with E-state index >= 15 is 0 Å². The Kier molecular flexibility index (Phi) is 5.29. The van der Waals surface area contributed by atoms with Crippen LogP contribution in [0.25, 0.3) is 0 Å². The maximum Gasteiger partial charge on any atom is 0.248 e. The average molecular weight is 318 g/mol. The zero-order valence-corrected chi connectivity index (χ0v) is 12.9. The van der Waals surface area contributed by atoms with Gasteiger partial charge in [0.2, 0.25) is 11.8 Å². The third-order valence-corrected chi connectivity index (χ3v) is 3.43. The molecule has 0 unspecified atom stereocenters. The molecule has 3 N–H and O–H groups in total. The summed E-state index contributed by atoms with van der Waals surface area (Å²) >= 11 is 0. The van der Waals surface area contributed by atoms with E-state index in [1.807, 2.05) is 0 Å². The molecule has 0 aromatic heterocycles. The first-order valence-electron chi connectivity index (χ1n) is 7.04. The van der Waals surface area contributed by atoms with Gasteiger partial charge in [0.1, 0.15) is 0 Å². The van der Waals surface area contributed by atoms with Crippen molar-refractivity contribution in [1.29, 1.82) is 0 Å². The van der Waals surface area contributed by atoms with E-state index in [2.05, 4.69) is 21.1 Å². The molecule has 0 saturated heterocycles. The summed E-state index contributed by atoms with van der Waals surface area (Å²) in [6.07, 6.45) is 1.95. The van der Waals surface area contributed by atoms with Gasteiger partial charge in [0.15, 0.2) is 11.5 Å². The predicted octanol–water partition coefficient (Wildman–Crippen LogP) is 0.753. The van der Waals surface area contributed by atoms with Crippen molar-refractivity contribution in [3.63, 3.8) is 0 Å². The number of methoxy groups -OCH3 is 1. The van der Waals surface area contributed by atoms with Gasteiger partial charge in [-0.15, -0.1) is 0 Å². The molecule has 0 radical (unpaired) electrons. The number of phenolic OH excluding ortho intramolecular Hbond substituents is 1. The quantitative estimate of drug-likeness (QED) is 0.531. The minimum Gasteiger partial charge on any atom is -0.504 e. The maximum atomic E-state index is 11.7. The normalized spacial score (nSPS) is 17.0. The number of hydrogen-bond donors (Lipinski definition) is 3. The van der Waals surface area contributed by atoms with E-state index in [1.54, 1.807) is 19.1 Å². The van der Waals surface area contributed by atoms with Crippen molar-refractivity contribution in [3.05, 3.63) is 23.8 Å². The fraction of sp³-hybridized carbons (Fsp3) is 0.333. The number of hydrazone groups is 2. The topological polar surface area (TPSA) is 112 Å². The summed E-state index contributed by atoms with van der Waals surface area (Å²) in [5.41, 5.74) is 6.05. The SMILES string of the molecule is COc1ccc(/C=N\NC(=O)CC[C@@H]2C(=O)NN=C2C)cc1O. The van der Waals surface area contributed by atoms with E-state index in [4.69, 9.17) is 4.74 Å². The number of carbonyl (C=O) groups excluding carboxylic acids is 2. The molecule has 1 aromatic rings. The number of nitrogens with one attached hydrogen (secondary N) is 2. The van der Waals surface area contributed by atoms with Gasteiger partial charge in [0.25, 0.3) is 0 Å². The summed E-state index contributed by atoms with van der Waals surface area (Å²) in [5, 5.41) is 17.3. The lowest BCUT2D eigenvalue weighted by Crippen LogP contribution is -2.25. The van der Waals surface area contributed by atoms with Crippen molar-refractivity contribution in [3.8, 4) is 11.5 Å². The number of benzene rings is 1. The van der Waals surface area contributed by atoms with Gasteiger partial charge in [0, 0.05) is 12.1 Å². The molecule has 0 spiro atoms. The zero-order valence-electron chi connectivity index (χ0n) is 12.9. The average Bonchev–Trinajstić information content (AvgIpc) is 2.84. The molecule has 8 heteroatoms. The first-order valence-corrected chi connectivity index (χ1v) is 7.04. The fourth-order valence-electron chi connectivity index (χ4n) is 2.13. The molecule has 2 rings (SSSR count). The van der Waals surface area contributed by atoms with E-state index in [9.17, 15) is 14.7 Å². The Morgan fingerprint density at radius 1 is 1.57 bits per heavy atom. The number of rotatable bonds is 6. The molecule has 1 aromatic carbocycles. The molecule has 2 amide bonds. The molecule has 8 nitrogen and oxygen atoms in total. The molecule has 0 fully saturated rings. The van der Waals surface area contributed by atoms with E-state index in [1.165, 1.54) is 19.4 Å². The molecule has 0 bridgehead atoms. The zero-order chi connectivity index (χ0) is 16.8. The second kappa shape index (κ2) is 7.39. The highest BCUT2D eigenvalue weighted by Crippen LogP contribution is 2.25. The van der Waals surface area contributed by atoms with E-state index < -0.39 is 0 Å². The number of amides is 2. The van der Waals surface area contributed by atoms with Crippen LogP contribution in [-0.2, 0) is 9.59 Å². The van der Waals surface area contributed by atoms with E-state index in [-0.39, 0.29) is 29.9 Å². The number of nitrogens with zero attached hydrogens (tertiary/aromatic N) is 2. The number of phenols is 1. The van der Waals surface area contributed by atoms with Crippen molar-refractivity contribution in [1.82, 2.24) is 10.9 Å². The fourth-order valence-corrected chi connectivity index (χ4v) is 2.13. The van der Waals surface area contributed by atoms with Crippen molar-refractivity contribution in [2.45, 2.75) is 19.8 Å². The van der Waals surface area contributed by atoms with Crippen LogP contribution in [-0.4, -0.2) is 36.0 Å². The van der Waals surface area contributed by atoms with Crippen LogP contribution in [0.1, 0.15) is 25.3 Å². The Labute approximate surface area is 133 Å². The van der Waals surface area contributed by atoms with Crippen LogP contribution < -0.4 is 15.6 Å². The molecule has 1 aliphatic rings. The summed E-state index contributed by atoms with van der Waals surface area (Å²) in [6.45, 7) is 1.74. The van der Waals surface area contributed by atoms with Crippen molar-refractivity contribution in [2.24, 2.45) is 16.1 Å². The lowest BCUT2D eigenvalue weighted by Gasteiger charge is -2.06. The Bertz CT molecular complexity index is 669. The Morgan fingerprint density at radius 2 is 2.35 bits per heavy atom. The number of aromatic hydroxyl groups is 1. The highest BCUT2D eigenvalue weighted by atomic mass is 16.5. The standard InChI is InChI=1S/C15H18N4O4/c1-9-11(15(22)19-17-9)4-6-14(21)18-16-8-10-3-5-13(23-2)12(20)7-10/h3,5,7-8,11,20H,4,6H2,1-2H3,(H,18,21)(H,19,22)/b16-8-/t11-/m0/s1. The van der Waals surface area contributed by atoms with Gasteiger partial charge >= 0.3 is 0 Å². The smallest absolute Gasteiger partial charge is 0.248 e. The Morgan fingerprint density at radius 3 is 2.96 bits per heavy atom. The van der Waals surface area contributed by atoms with Gasteiger partial charge in [0.05, 0.1) is 19.2 Å². The highest BCUT2D eigenvalue weighted by Gasteiger charge is 2.26. The van der Waals surface area contributed by atoms with Gasteiger partial charge in [-0.2, -0.15) is 10.2 Å². The van der Waals surface area contributed by atoms with Crippen LogP contribution in [0.4, 0.5) is 0 Å². The minimum atomic E-state index is -0.358. The third-order valence-electron chi connectivity index (χ3n) is 3.43. The largest absolute Gasteiger partial charge is 0.504 e. The van der Waals surface area contributed by atoms with Gasteiger partial charge in [-0.05, 0) is 37.1 Å². The molecule has 1 heterocycles. The molecular formula is C15H18N4O4. The van der Waals surface area contributed by atoms with Crippen LogP contribution >= 0.6 is 0 Å². The molecule has 1 atom stereocenters. The number of hydrogen-bond acceptors (Lipinski definition) is 6. The molecule has 0 saturated carbocycles. The van der Waals surface area contributed by atoms with Gasteiger partial charge in [-0.3, -0.25) is 9.59 Å². The Hall–Kier alpha value is -2.90. The summed E-state index contributed by atoms with van der Waals surface area (Å²) < 4.78 is 4.93. The molecule has 122 valence electrons. The van der Waals surface area contributed by atoms with Gasteiger partial charge in [-0.25, -0.2) is 10.9 Å². The molecule has 23 heavy (non-hydrogen) atoms. The minimum absolute atomic E-state index is 0.00946. The van der Waals surface area contributed by atoms with Crippen LogP contribution in [0.3, 0.4) is 0 Å². The second-order valence-electron chi connectivity index (χ2n) is 5.04. The first-order chi connectivity index (χ1) is 11.0. The summed E-state index contributed by atoms with van der Waals surface area (Å²) in [7, 11) is 1.46. The summed E-state index contributed by atoms with van der Waals surface area (Å²) in [5.74, 6) is -0.495. The first kappa shape index (κ1) is 16.5.